The maximum absolute atomic E-state index is 11.2. The molecule has 0 radical (unpaired) electrons. The molecule has 1 aliphatic heterocycles. The molecule has 0 bridgehead atoms. The van der Waals surface area contributed by atoms with E-state index in [1.165, 1.54) is 0 Å². The Labute approximate surface area is 120 Å². The van der Waals surface area contributed by atoms with Gasteiger partial charge in [0.2, 0.25) is 5.78 Å². The van der Waals surface area contributed by atoms with Gasteiger partial charge in [-0.3, -0.25) is 9.69 Å². The van der Waals surface area contributed by atoms with E-state index in [0.29, 0.717) is 13.0 Å². The topological polar surface area (TPSA) is 40.6 Å². The van der Waals surface area contributed by atoms with Crippen molar-refractivity contribution in [1.29, 1.82) is 0 Å². The van der Waals surface area contributed by atoms with Crippen LogP contribution in [0.1, 0.15) is 6.99 Å². The third kappa shape index (κ3) is 3.69. The molecule has 106 valence electrons. The molecule has 2 rings (SSSR count). The highest BCUT2D eigenvalue weighted by Gasteiger charge is 2.18. The van der Waals surface area contributed by atoms with E-state index in [9.17, 15) is 9.59 Å². The van der Waals surface area contributed by atoms with Crippen molar-refractivity contribution < 1.29 is 11.0 Å². The van der Waals surface area contributed by atoms with E-state index in [2.05, 4.69) is 15.7 Å². The molecule has 4 nitrogen and oxygen atoms in total. The molecule has 0 aromatic heterocycles. The van der Waals surface area contributed by atoms with Gasteiger partial charge in [0.05, 0.1) is 6.54 Å². The Kier molecular flexibility index (Phi) is 4.91. The van der Waals surface area contributed by atoms with Gasteiger partial charge in [-0.1, -0.05) is 12.1 Å². The zero-order valence-electron chi connectivity index (χ0n) is 11.4. The molecule has 1 saturated heterocycles. The molecule has 1 aromatic carbocycles. The number of carbonyl (C=O) groups is 2. The second kappa shape index (κ2) is 6.88. The number of rotatable bonds is 5. The number of ketones is 1. The molecule has 1 heterocycles. The van der Waals surface area contributed by atoms with Crippen molar-refractivity contribution in [3.63, 3.8) is 0 Å². The maximum Gasteiger partial charge on any atom is 0.219 e. The van der Waals surface area contributed by atoms with Crippen molar-refractivity contribution in [2.24, 2.45) is 0 Å². The number of Topliss-reactive ketones (excluding diaryl/α,β-unsaturated/α-hetero) is 1. The zero-order valence-corrected chi connectivity index (χ0v) is 11.4. The number of terminal acetylenes is 1. The lowest BCUT2D eigenvalue weighted by molar-refractivity contribution is -0.115. The van der Waals surface area contributed by atoms with Crippen LogP contribution in [0, 0.1) is 12.3 Å². The number of nitrogens with zero attached hydrogens (tertiary/aromatic N) is 2. The average molecular weight is 272 g/mol. The van der Waals surface area contributed by atoms with Gasteiger partial charge in [0.25, 0.3) is 0 Å². The van der Waals surface area contributed by atoms with Gasteiger partial charge in [0.1, 0.15) is 6.29 Å². The maximum atomic E-state index is 11.2. The van der Waals surface area contributed by atoms with Crippen LogP contribution in [0.25, 0.3) is 0 Å². The van der Waals surface area contributed by atoms with Gasteiger partial charge in [-0.2, -0.15) is 0 Å². The molecule has 0 amide bonds. The van der Waals surface area contributed by atoms with Crippen molar-refractivity contribution in [3.05, 3.63) is 29.8 Å². The van der Waals surface area contributed by atoms with Crippen LogP contribution < -0.4 is 4.90 Å². The lowest BCUT2D eigenvalue weighted by Crippen LogP contribution is -2.47. The molecule has 4 heteroatoms. The summed E-state index contributed by atoms with van der Waals surface area (Å²) in [4.78, 5) is 26.0. The van der Waals surface area contributed by atoms with E-state index in [0.717, 1.165) is 43.7 Å². The van der Waals surface area contributed by atoms with E-state index in [-0.39, 0.29) is 7.21 Å². The van der Waals surface area contributed by atoms with Gasteiger partial charge < -0.3 is 9.69 Å². The molecule has 0 N–H and O–H groups in total. The Bertz CT molecular complexity index is 514. The van der Waals surface area contributed by atoms with Crippen LogP contribution in [-0.4, -0.2) is 49.7 Å². The van der Waals surface area contributed by atoms with Gasteiger partial charge in [-0.15, -0.1) is 6.42 Å². The third-order valence-corrected chi connectivity index (χ3v) is 3.52. The van der Waals surface area contributed by atoms with Gasteiger partial charge >= 0.3 is 0 Å². The van der Waals surface area contributed by atoms with E-state index in [4.69, 9.17) is 6.42 Å². The first kappa shape index (κ1) is 14.3. The Balaban J connectivity index is 0.00000220. The second-order valence-electron chi connectivity index (χ2n) is 4.87. The van der Waals surface area contributed by atoms with Crippen LogP contribution >= 0.6 is 0 Å². The molecule has 0 saturated carbocycles. The minimum atomic E-state index is -0.156. The number of benzene rings is 1. The lowest BCUT2D eigenvalue weighted by Gasteiger charge is -2.35. The number of hydrogen-bond donors (Lipinski definition) is 0. The summed E-state index contributed by atoms with van der Waals surface area (Å²) in [6.45, 7) is 3.78. The van der Waals surface area contributed by atoms with Gasteiger partial charge in [-0.25, -0.2) is 0 Å². The molecule has 1 aliphatic rings. The quantitative estimate of drug-likeness (QED) is 0.455. The van der Waals surface area contributed by atoms with Crippen LogP contribution in [-0.2, 0) is 16.0 Å². The number of hydrogen-bond acceptors (Lipinski definition) is 4. The van der Waals surface area contributed by atoms with E-state index < -0.39 is 0 Å². The third-order valence-electron chi connectivity index (χ3n) is 3.52. The molecule has 0 aliphatic carbocycles. The van der Waals surface area contributed by atoms with Crippen molar-refractivity contribution >= 4 is 17.8 Å². The molecule has 1 aromatic rings. The minimum absolute atomic E-state index is 0. The highest BCUT2D eigenvalue weighted by atomic mass is 16.1. The number of piperazine rings is 1. The fraction of sp³-hybridized carbons (Fsp3) is 0.375. The van der Waals surface area contributed by atoms with Gasteiger partial charge in [0, 0.05) is 39.7 Å². The highest BCUT2D eigenvalue weighted by Crippen LogP contribution is 2.17. The summed E-state index contributed by atoms with van der Waals surface area (Å²) in [6, 6.07) is 8.05. The number of carbonyl (C=O) groups excluding carboxylic acids is 2. The van der Waals surface area contributed by atoms with E-state index in [1.807, 2.05) is 24.3 Å². The lowest BCUT2D eigenvalue weighted by atomic mass is 10.1. The fourth-order valence-corrected chi connectivity index (χ4v) is 2.35. The Morgan fingerprint density at radius 2 is 1.90 bits per heavy atom. The summed E-state index contributed by atoms with van der Waals surface area (Å²) in [7, 11) is 0. The van der Waals surface area contributed by atoms with Crippen molar-refractivity contribution in [2.75, 3.05) is 37.6 Å². The Hall–Kier alpha value is -2.12. The second-order valence-corrected chi connectivity index (χ2v) is 4.87. The van der Waals surface area contributed by atoms with Gasteiger partial charge in [-0.05, 0) is 23.6 Å². The van der Waals surface area contributed by atoms with Crippen LogP contribution in [0.2, 0.25) is 0 Å². The first-order valence-corrected chi connectivity index (χ1v) is 6.72. The zero-order chi connectivity index (χ0) is 14.4. The molecule has 0 spiro atoms. The first-order valence-electron chi connectivity index (χ1n) is 6.72. The highest BCUT2D eigenvalue weighted by molar-refractivity contribution is 5.96. The summed E-state index contributed by atoms with van der Waals surface area (Å²) in [5, 5.41) is 0. The minimum Gasteiger partial charge on any atom is -0.369 e. The summed E-state index contributed by atoms with van der Waals surface area (Å²) in [5.74, 6) is 1.99. The Morgan fingerprint density at radius 3 is 2.45 bits per heavy atom. The summed E-state index contributed by atoms with van der Waals surface area (Å²) < 4.78 is 0. The molecule has 20 heavy (non-hydrogen) atoms. The number of anilines is 1. The molecule has 0 unspecified atom stereocenters. The Morgan fingerprint density at radius 1 is 1.25 bits per heavy atom. The van der Waals surface area contributed by atoms with Crippen LogP contribution in [0.5, 0.6) is 0 Å². The predicted octanol–water partition coefficient (Wildman–Crippen LogP) is 0.998. The molecular formula is C16H20N2O2. The molecule has 0 atom stereocenters. The standard InChI is InChI=1S/C16H18N2O2.H2/c1-2-16(20)13-17-8-10-18(11-9-17)15-5-3-14(4-6-15)7-12-19;/h1,3-6,12H,7-11,13H2;1H. The van der Waals surface area contributed by atoms with Crippen LogP contribution in [0.4, 0.5) is 5.69 Å². The van der Waals surface area contributed by atoms with Gasteiger partial charge in [0.15, 0.2) is 0 Å². The molecular weight excluding hydrogens is 252 g/mol. The van der Waals surface area contributed by atoms with E-state index in [1.54, 1.807) is 0 Å². The summed E-state index contributed by atoms with van der Waals surface area (Å²) >= 11 is 0. The summed E-state index contributed by atoms with van der Waals surface area (Å²) in [6.07, 6.45) is 6.46. The largest absolute Gasteiger partial charge is 0.369 e. The SMILES string of the molecule is C#CC(=O)CN1CCN(c2ccc(CC=O)cc2)CC1.[HH]. The van der Waals surface area contributed by atoms with Crippen molar-refractivity contribution in [2.45, 2.75) is 6.42 Å². The van der Waals surface area contributed by atoms with Crippen molar-refractivity contribution in [3.8, 4) is 12.3 Å². The predicted molar refractivity (Wildman–Crippen MR) is 80.8 cm³/mol. The molecule has 1 fully saturated rings. The monoisotopic (exact) mass is 272 g/mol. The summed E-state index contributed by atoms with van der Waals surface area (Å²) in [5.41, 5.74) is 2.18. The smallest absolute Gasteiger partial charge is 0.219 e. The number of aldehydes is 1. The van der Waals surface area contributed by atoms with Crippen molar-refractivity contribution in [1.82, 2.24) is 4.90 Å². The first-order chi connectivity index (χ1) is 9.72. The fourth-order valence-electron chi connectivity index (χ4n) is 2.35. The van der Waals surface area contributed by atoms with Crippen LogP contribution in [0.15, 0.2) is 24.3 Å². The normalized spacial score (nSPS) is 15.7. The van der Waals surface area contributed by atoms with Crippen LogP contribution in [0.3, 0.4) is 0 Å². The van der Waals surface area contributed by atoms with E-state index >= 15 is 0 Å². The average Bonchev–Trinajstić information content (AvgIpc) is 2.49.